The molecule has 0 unspecified atom stereocenters. The zero-order chi connectivity index (χ0) is 15.6. The van der Waals surface area contributed by atoms with Crippen LogP contribution < -0.4 is 4.74 Å². The normalized spacial score (nSPS) is 21.2. The number of ether oxygens (including phenoxy) is 2. The van der Waals surface area contributed by atoms with E-state index in [4.69, 9.17) is 9.47 Å². The van der Waals surface area contributed by atoms with Crippen molar-refractivity contribution in [2.24, 2.45) is 0 Å². The molecule has 1 heterocycles. The zero-order valence-corrected chi connectivity index (χ0v) is 13.0. The fourth-order valence-corrected chi connectivity index (χ4v) is 2.44. The highest BCUT2D eigenvalue weighted by atomic mass is 19.1. The second-order valence-electron chi connectivity index (χ2n) is 5.90. The predicted molar refractivity (Wildman–Crippen MR) is 78.1 cm³/mol. The van der Waals surface area contributed by atoms with Crippen LogP contribution in [0.5, 0.6) is 5.75 Å². The Morgan fingerprint density at radius 3 is 2.90 bits per heavy atom. The van der Waals surface area contributed by atoms with Crippen LogP contribution in [0.1, 0.15) is 38.1 Å². The number of hydrogen-bond acceptors (Lipinski definition) is 3. The van der Waals surface area contributed by atoms with Crippen molar-refractivity contribution in [1.29, 1.82) is 0 Å². The van der Waals surface area contributed by atoms with Gasteiger partial charge < -0.3 is 14.4 Å². The minimum absolute atomic E-state index is 0.0292. The van der Waals surface area contributed by atoms with E-state index in [0.29, 0.717) is 19.8 Å². The van der Waals surface area contributed by atoms with E-state index in [0.717, 1.165) is 0 Å². The van der Waals surface area contributed by atoms with Gasteiger partial charge >= 0.3 is 0 Å². The van der Waals surface area contributed by atoms with E-state index in [1.807, 2.05) is 20.8 Å². The predicted octanol–water partition coefficient (Wildman–Crippen LogP) is 2.86. The van der Waals surface area contributed by atoms with Crippen LogP contribution in [0.4, 0.5) is 4.39 Å². The lowest BCUT2D eigenvalue weighted by molar-refractivity contribution is -0.0980. The first-order chi connectivity index (χ1) is 9.85. The van der Waals surface area contributed by atoms with Crippen molar-refractivity contribution in [1.82, 2.24) is 4.90 Å². The quantitative estimate of drug-likeness (QED) is 0.860. The first-order valence-corrected chi connectivity index (χ1v) is 7.22. The Kier molecular flexibility index (Phi) is 4.52. The molecule has 2 rings (SSSR count). The Morgan fingerprint density at radius 2 is 2.24 bits per heavy atom. The summed E-state index contributed by atoms with van der Waals surface area (Å²) in [6.07, 6.45) is 0. The van der Waals surface area contributed by atoms with Crippen molar-refractivity contribution >= 4 is 5.91 Å². The zero-order valence-electron chi connectivity index (χ0n) is 13.0. The van der Waals surface area contributed by atoms with Crippen LogP contribution in [0, 0.1) is 5.82 Å². The van der Waals surface area contributed by atoms with Gasteiger partial charge in [0.05, 0.1) is 30.4 Å². The fourth-order valence-electron chi connectivity index (χ4n) is 2.44. The van der Waals surface area contributed by atoms with Crippen molar-refractivity contribution in [3.63, 3.8) is 0 Å². The number of carbonyl (C=O) groups is 1. The van der Waals surface area contributed by atoms with Gasteiger partial charge in [0, 0.05) is 6.54 Å². The molecule has 0 N–H and O–H groups in total. The smallest absolute Gasteiger partial charge is 0.258 e. The maximum Gasteiger partial charge on any atom is 0.258 e. The van der Waals surface area contributed by atoms with Gasteiger partial charge in [-0.05, 0) is 39.8 Å². The molecule has 1 aromatic rings. The minimum Gasteiger partial charge on any atom is -0.490 e. The lowest BCUT2D eigenvalue weighted by atomic mass is 10.0. The number of nitrogens with zero attached hydrogens (tertiary/aromatic N) is 1. The molecule has 1 amide bonds. The highest BCUT2D eigenvalue weighted by Crippen LogP contribution is 2.28. The molecule has 0 radical (unpaired) electrons. The van der Waals surface area contributed by atoms with Gasteiger partial charge in [-0.1, -0.05) is 6.07 Å². The fraction of sp³-hybridized carbons (Fsp3) is 0.562. The molecule has 1 aliphatic rings. The Labute approximate surface area is 124 Å². The third-order valence-corrected chi connectivity index (χ3v) is 3.55. The van der Waals surface area contributed by atoms with E-state index in [-0.39, 0.29) is 23.3 Å². The molecular formula is C16H22FNO3. The van der Waals surface area contributed by atoms with E-state index < -0.39 is 11.4 Å². The second kappa shape index (κ2) is 6.02. The van der Waals surface area contributed by atoms with Crippen molar-refractivity contribution in [2.45, 2.75) is 39.3 Å². The molecule has 0 spiro atoms. The summed E-state index contributed by atoms with van der Waals surface area (Å²) in [5.74, 6) is -0.703. The van der Waals surface area contributed by atoms with Crippen LogP contribution in [0.3, 0.4) is 0 Å². The van der Waals surface area contributed by atoms with Crippen molar-refractivity contribution in [3.8, 4) is 5.75 Å². The third kappa shape index (κ3) is 3.35. The van der Waals surface area contributed by atoms with Gasteiger partial charge in [0.15, 0.2) is 11.6 Å². The van der Waals surface area contributed by atoms with Gasteiger partial charge in [-0.25, -0.2) is 4.39 Å². The first kappa shape index (κ1) is 15.8. The molecule has 116 valence electrons. The molecule has 0 saturated carbocycles. The Hall–Kier alpha value is -1.62. The number of rotatable bonds is 3. The number of hydrogen-bond donors (Lipinski definition) is 0. The molecule has 1 aliphatic heterocycles. The van der Waals surface area contributed by atoms with E-state index in [2.05, 4.69) is 0 Å². The van der Waals surface area contributed by atoms with E-state index in [1.165, 1.54) is 12.1 Å². The molecule has 0 aromatic heterocycles. The van der Waals surface area contributed by atoms with Crippen molar-refractivity contribution in [2.75, 3.05) is 19.8 Å². The summed E-state index contributed by atoms with van der Waals surface area (Å²) >= 11 is 0. The topological polar surface area (TPSA) is 38.8 Å². The summed E-state index contributed by atoms with van der Waals surface area (Å²) < 4.78 is 24.9. The summed E-state index contributed by atoms with van der Waals surface area (Å²) in [4.78, 5) is 14.5. The molecule has 1 saturated heterocycles. The van der Waals surface area contributed by atoms with Crippen LogP contribution in [0.15, 0.2) is 18.2 Å². The molecule has 21 heavy (non-hydrogen) atoms. The number of morpholine rings is 1. The second-order valence-corrected chi connectivity index (χ2v) is 5.90. The van der Waals surface area contributed by atoms with Crippen LogP contribution in [-0.4, -0.2) is 42.2 Å². The van der Waals surface area contributed by atoms with E-state index in [1.54, 1.807) is 17.9 Å². The Morgan fingerprint density at radius 1 is 1.52 bits per heavy atom. The average molecular weight is 295 g/mol. The van der Waals surface area contributed by atoms with Crippen LogP contribution in [0.2, 0.25) is 0 Å². The van der Waals surface area contributed by atoms with Crippen molar-refractivity contribution in [3.05, 3.63) is 29.6 Å². The van der Waals surface area contributed by atoms with Gasteiger partial charge in [-0.15, -0.1) is 0 Å². The SMILES string of the molecule is CCOc1c(F)cccc1C(=O)N1CC(C)(C)OC[C@@H]1C. The number of carbonyl (C=O) groups excluding carboxylic acids is 1. The molecular weight excluding hydrogens is 273 g/mol. The van der Waals surface area contributed by atoms with Gasteiger partial charge in [0.25, 0.3) is 5.91 Å². The van der Waals surface area contributed by atoms with Crippen LogP contribution in [0.25, 0.3) is 0 Å². The lowest BCUT2D eigenvalue weighted by Gasteiger charge is -2.42. The molecule has 1 atom stereocenters. The van der Waals surface area contributed by atoms with E-state index in [9.17, 15) is 9.18 Å². The Balaban J connectivity index is 2.33. The largest absolute Gasteiger partial charge is 0.490 e. The maximum absolute atomic E-state index is 13.9. The monoisotopic (exact) mass is 295 g/mol. The molecule has 1 aromatic carbocycles. The van der Waals surface area contributed by atoms with Gasteiger partial charge in [-0.2, -0.15) is 0 Å². The highest BCUT2D eigenvalue weighted by molar-refractivity contribution is 5.97. The van der Waals surface area contributed by atoms with E-state index >= 15 is 0 Å². The summed E-state index contributed by atoms with van der Waals surface area (Å²) in [6, 6.07) is 4.38. The lowest BCUT2D eigenvalue weighted by Crippen LogP contribution is -2.55. The van der Waals surface area contributed by atoms with Gasteiger partial charge in [-0.3, -0.25) is 4.79 Å². The number of para-hydroxylation sites is 1. The first-order valence-electron chi connectivity index (χ1n) is 7.22. The van der Waals surface area contributed by atoms with Crippen LogP contribution in [-0.2, 0) is 4.74 Å². The standard InChI is InChI=1S/C16H22FNO3/c1-5-20-14-12(7-6-8-13(14)17)15(19)18-10-16(3,4)21-9-11(18)2/h6-8,11H,5,9-10H2,1-4H3/t11-/m0/s1. The van der Waals surface area contributed by atoms with Gasteiger partial charge in [0.2, 0.25) is 0 Å². The minimum atomic E-state index is -0.511. The van der Waals surface area contributed by atoms with Crippen molar-refractivity contribution < 1.29 is 18.7 Å². The highest BCUT2D eigenvalue weighted by Gasteiger charge is 2.35. The third-order valence-electron chi connectivity index (χ3n) is 3.55. The average Bonchev–Trinajstić information content (AvgIpc) is 2.43. The van der Waals surface area contributed by atoms with Crippen LogP contribution >= 0.6 is 0 Å². The summed E-state index contributed by atoms with van der Waals surface area (Å²) in [6.45, 7) is 8.81. The molecule has 1 fully saturated rings. The summed E-state index contributed by atoms with van der Waals surface area (Å²) in [5.41, 5.74) is -0.136. The molecule has 0 bridgehead atoms. The number of amides is 1. The Bertz CT molecular complexity index is 530. The maximum atomic E-state index is 13.9. The summed E-state index contributed by atoms with van der Waals surface area (Å²) in [7, 11) is 0. The number of halogens is 1. The molecule has 4 nitrogen and oxygen atoms in total. The van der Waals surface area contributed by atoms with Gasteiger partial charge in [0.1, 0.15) is 0 Å². The number of benzene rings is 1. The molecule has 0 aliphatic carbocycles. The molecule has 5 heteroatoms. The summed E-state index contributed by atoms with van der Waals surface area (Å²) in [5, 5.41) is 0.